The summed E-state index contributed by atoms with van der Waals surface area (Å²) < 4.78 is 6.23. The number of para-hydroxylation sites is 2. The third-order valence-corrected chi connectivity index (χ3v) is 6.92. The van der Waals surface area contributed by atoms with Crippen molar-refractivity contribution in [1.82, 2.24) is 0 Å². The monoisotopic (exact) mass is 497 g/mol. The summed E-state index contributed by atoms with van der Waals surface area (Å²) in [5.74, 6) is 0.609. The maximum Gasteiger partial charge on any atom is 0.197 e. The SMILES string of the molecule is Cc1ccc(N2c3ccccc3Oc3cc(C=C4C(=O)c5cc(Cl)c(Cl)cc5C4=O)ccc32)cc1. The molecule has 2 aliphatic rings. The molecule has 4 nitrogen and oxygen atoms in total. The van der Waals surface area contributed by atoms with Crippen LogP contribution in [0.5, 0.6) is 11.5 Å². The van der Waals surface area contributed by atoms with E-state index in [9.17, 15) is 9.59 Å². The fourth-order valence-electron chi connectivity index (χ4n) is 4.45. The van der Waals surface area contributed by atoms with Crippen LogP contribution in [-0.2, 0) is 0 Å². The number of hydrogen-bond donors (Lipinski definition) is 0. The molecule has 4 aromatic carbocycles. The molecule has 0 unspecified atom stereocenters. The van der Waals surface area contributed by atoms with Crippen molar-refractivity contribution in [3.05, 3.63) is 117 Å². The largest absolute Gasteiger partial charge is 0.453 e. The van der Waals surface area contributed by atoms with Gasteiger partial charge in [-0.15, -0.1) is 0 Å². The summed E-state index contributed by atoms with van der Waals surface area (Å²) in [6.45, 7) is 2.05. The lowest BCUT2D eigenvalue weighted by Crippen LogP contribution is -2.15. The van der Waals surface area contributed by atoms with Crippen LogP contribution in [0, 0.1) is 6.92 Å². The number of ketones is 2. The zero-order chi connectivity index (χ0) is 24.3. The van der Waals surface area contributed by atoms with Gasteiger partial charge < -0.3 is 9.64 Å². The molecular weight excluding hydrogens is 481 g/mol. The molecule has 0 bridgehead atoms. The number of carbonyl (C=O) groups excluding carboxylic acids is 2. The maximum atomic E-state index is 13.0. The molecule has 35 heavy (non-hydrogen) atoms. The molecule has 4 aromatic rings. The first-order chi connectivity index (χ1) is 16.9. The first-order valence-electron chi connectivity index (χ1n) is 11.0. The molecule has 0 saturated carbocycles. The predicted molar refractivity (Wildman–Crippen MR) is 139 cm³/mol. The Morgan fingerprint density at radius 2 is 1.37 bits per heavy atom. The van der Waals surface area contributed by atoms with Gasteiger partial charge in [0.15, 0.2) is 23.1 Å². The molecule has 0 fully saturated rings. The Morgan fingerprint density at radius 3 is 2.06 bits per heavy atom. The van der Waals surface area contributed by atoms with E-state index in [1.807, 2.05) is 42.5 Å². The lowest BCUT2D eigenvalue weighted by Gasteiger charge is -2.33. The van der Waals surface area contributed by atoms with Crippen molar-refractivity contribution in [2.75, 3.05) is 4.90 Å². The summed E-state index contributed by atoms with van der Waals surface area (Å²) in [6.07, 6.45) is 1.59. The van der Waals surface area contributed by atoms with Gasteiger partial charge in [-0.3, -0.25) is 9.59 Å². The molecule has 0 spiro atoms. The average molecular weight is 498 g/mol. The van der Waals surface area contributed by atoms with Crippen LogP contribution in [-0.4, -0.2) is 11.6 Å². The number of halogens is 2. The van der Waals surface area contributed by atoms with Crippen molar-refractivity contribution >= 4 is 57.9 Å². The van der Waals surface area contributed by atoms with Gasteiger partial charge in [-0.1, -0.05) is 59.1 Å². The summed E-state index contributed by atoms with van der Waals surface area (Å²) in [5.41, 5.74) is 5.25. The van der Waals surface area contributed by atoms with Gasteiger partial charge in [-0.25, -0.2) is 0 Å². The van der Waals surface area contributed by atoms with E-state index in [4.69, 9.17) is 27.9 Å². The highest BCUT2D eigenvalue weighted by atomic mass is 35.5. The van der Waals surface area contributed by atoms with Crippen molar-refractivity contribution < 1.29 is 14.3 Å². The minimum Gasteiger partial charge on any atom is -0.453 e. The second-order valence-corrected chi connectivity index (χ2v) is 9.31. The number of allylic oxidation sites excluding steroid dienone is 1. The number of rotatable bonds is 2. The first kappa shape index (κ1) is 21.7. The van der Waals surface area contributed by atoms with Crippen molar-refractivity contribution in [3.63, 3.8) is 0 Å². The minimum atomic E-state index is -0.367. The van der Waals surface area contributed by atoms with Gasteiger partial charge in [0, 0.05) is 16.8 Å². The molecule has 170 valence electrons. The molecule has 1 heterocycles. The molecule has 0 amide bonds. The van der Waals surface area contributed by atoms with Gasteiger partial charge in [0.25, 0.3) is 0 Å². The van der Waals surface area contributed by atoms with Crippen LogP contribution in [0.15, 0.2) is 84.4 Å². The van der Waals surface area contributed by atoms with E-state index in [1.54, 1.807) is 6.08 Å². The number of nitrogens with zero attached hydrogens (tertiary/aromatic N) is 1. The smallest absolute Gasteiger partial charge is 0.197 e. The van der Waals surface area contributed by atoms with Crippen LogP contribution >= 0.6 is 23.2 Å². The molecule has 0 saturated heterocycles. The highest BCUT2D eigenvalue weighted by molar-refractivity contribution is 6.46. The maximum absolute atomic E-state index is 13.0. The molecule has 0 N–H and O–H groups in total. The molecule has 0 atom stereocenters. The lowest BCUT2D eigenvalue weighted by atomic mass is 10.0. The van der Waals surface area contributed by atoms with Gasteiger partial charge in [0.2, 0.25) is 0 Å². The number of ether oxygens (including phenoxy) is 1. The second kappa shape index (κ2) is 8.12. The zero-order valence-corrected chi connectivity index (χ0v) is 20.0. The van der Waals surface area contributed by atoms with Crippen LogP contribution in [0.1, 0.15) is 31.8 Å². The van der Waals surface area contributed by atoms with Crippen molar-refractivity contribution in [3.8, 4) is 11.5 Å². The summed E-state index contributed by atoms with van der Waals surface area (Å²) >= 11 is 12.1. The Hall–Kier alpha value is -3.86. The van der Waals surface area contributed by atoms with Crippen LogP contribution < -0.4 is 9.64 Å². The van der Waals surface area contributed by atoms with Crippen molar-refractivity contribution in [2.45, 2.75) is 6.92 Å². The summed E-state index contributed by atoms with van der Waals surface area (Å²) in [4.78, 5) is 28.1. The number of carbonyl (C=O) groups is 2. The standard InChI is InChI=1S/C29H17Cl2NO3/c1-16-6-9-18(10-7-16)32-24-4-2-3-5-26(24)35-27-13-17(8-11-25(27)32)12-21-28(33)19-14-22(30)23(31)15-20(19)29(21)34/h2-15H,1H3. The molecular formula is C29H17Cl2NO3. The number of aryl methyl sites for hydroxylation is 1. The third kappa shape index (κ3) is 3.54. The quantitative estimate of drug-likeness (QED) is 0.181. The summed E-state index contributed by atoms with van der Waals surface area (Å²) in [7, 11) is 0. The van der Waals surface area contributed by atoms with E-state index in [-0.39, 0.29) is 38.3 Å². The zero-order valence-electron chi connectivity index (χ0n) is 18.5. The Kier molecular flexibility index (Phi) is 5.03. The summed E-state index contributed by atoms with van der Waals surface area (Å²) in [6, 6.07) is 24.6. The predicted octanol–water partition coefficient (Wildman–Crippen LogP) is 8.34. The molecule has 0 radical (unpaired) electrons. The van der Waals surface area contributed by atoms with E-state index in [1.165, 1.54) is 17.7 Å². The highest BCUT2D eigenvalue weighted by Gasteiger charge is 2.34. The number of hydrogen-bond acceptors (Lipinski definition) is 4. The van der Waals surface area contributed by atoms with Crippen molar-refractivity contribution in [2.24, 2.45) is 0 Å². The third-order valence-electron chi connectivity index (χ3n) is 6.19. The average Bonchev–Trinajstić information content (AvgIpc) is 3.07. The Bertz CT molecular complexity index is 1550. The minimum absolute atomic E-state index is 0.0740. The second-order valence-electron chi connectivity index (χ2n) is 8.50. The molecule has 6 heteroatoms. The van der Waals surface area contributed by atoms with Gasteiger partial charge in [-0.05, 0) is 67.1 Å². The molecule has 6 rings (SSSR count). The first-order valence-corrected chi connectivity index (χ1v) is 11.7. The van der Waals surface area contributed by atoms with Gasteiger partial charge >= 0.3 is 0 Å². The van der Waals surface area contributed by atoms with E-state index in [0.29, 0.717) is 11.3 Å². The van der Waals surface area contributed by atoms with E-state index < -0.39 is 0 Å². The number of anilines is 3. The van der Waals surface area contributed by atoms with Gasteiger partial charge in [-0.2, -0.15) is 0 Å². The van der Waals surface area contributed by atoms with Crippen LogP contribution in [0.2, 0.25) is 10.0 Å². The van der Waals surface area contributed by atoms with Crippen molar-refractivity contribution in [1.29, 1.82) is 0 Å². The number of fused-ring (bicyclic) bond motifs is 3. The number of benzene rings is 4. The molecule has 1 aliphatic carbocycles. The molecule has 0 aromatic heterocycles. The van der Waals surface area contributed by atoms with Crippen LogP contribution in [0.4, 0.5) is 17.1 Å². The Labute approximate surface area is 212 Å². The van der Waals surface area contributed by atoms with E-state index >= 15 is 0 Å². The topological polar surface area (TPSA) is 46.6 Å². The lowest BCUT2D eigenvalue weighted by molar-refractivity contribution is 0.0990. The van der Waals surface area contributed by atoms with Crippen LogP contribution in [0.3, 0.4) is 0 Å². The van der Waals surface area contributed by atoms with E-state index in [0.717, 1.165) is 22.8 Å². The Morgan fingerprint density at radius 1 is 0.743 bits per heavy atom. The fraction of sp³-hybridized carbons (Fsp3) is 0.0345. The fourth-order valence-corrected chi connectivity index (χ4v) is 4.78. The van der Waals surface area contributed by atoms with Crippen LogP contribution in [0.25, 0.3) is 6.08 Å². The normalized spacial score (nSPS) is 13.8. The van der Waals surface area contributed by atoms with Gasteiger partial charge in [0.05, 0.1) is 27.0 Å². The summed E-state index contributed by atoms with van der Waals surface area (Å²) in [5, 5.41) is 0.481. The van der Waals surface area contributed by atoms with Gasteiger partial charge in [0.1, 0.15) is 0 Å². The molecule has 1 aliphatic heterocycles. The van der Waals surface area contributed by atoms with E-state index in [2.05, 4.69) is 36.1 Å². The highest BCUT2D eigenvalue weighted by Crippen LogP contribution is 2.50. The number of Topliss-reactive ketones (excluding diaryl/α,β-unsaturated/α-hetero) is 2. The Balaban J connectivity index is 1.43.